The number of anilines is 3. The van der Waals surface area contributed by atoms with E-state index < -0.39 is 25.4 Å². The Bertz CT molecular complexity index is 1650. The maximum Gasteiger partial charge on any atom is 0.414 e. The van der Waals surface area contributed by atoms with E-state index in [1.807, 2.05) is 43.8 Å². The molecule has 0 saturated heterocycles. The highest BCUT2D eigenvalue weighted by Crippen LogP contribution is 2.47. The zero-order chi connectivity index (χ0) is 32.9. The van der Waals surface area contributed by atoms with Crippen LogP contribution >= 0.6 is 0 Å². The standard InChI is InChI=1S/C33H46N8O3Si/c1-31(2,3)44-30(42)40-20-33(7,21-43-45(9,10)32(4,5)6)24-16-22(15-23(17-34)28(24)40)25-11-12-35-29(37-25)38-26-18-36-41-14-13-39(8)19-27(26)41/h11-12,15-16,18H,13-14,19-21H2,1-10H3,(H,35,37,38)/t33-/m1/s1. The van der Waals surface area contributed by atoms with Crippen LogP contribution in [0.2, 0.25) is 18.1 Å². The normalized spacial score (nSPS) is 18.7. The van der Waals surface area contributed by atoms with Crippen LogP contribution in [0.25, 0.3) is 11.3 Å². The van der Waals surface area contributed by atoms with Gasteiger partial charge in [0.15, 0.2) is 8.32 Å². The Hall–Kier alpha value is -3.79. The number of aromatic nitrogens is 4. The molecule has 0 spiro atoms. The fraction of sp³-hybridized carbons (Fsp3) is 0.545. The first-order valence-electron chi connectivity index (χ1n) is 15.5. The first-order chi connectivity index (χ1) is 20.9. The van der Waals surface area contributed by atoms with E-state index >= 15 is 0 Å². The molecule has 0 saturated carbocycles. The number of ether oxygens (including phenoxy) is 1. The largest absolute Gasteiger partial charge is 0.443 e. The highest BCUT2D eigenvalue weighted by Gasteiger charge is 2.47. The first kappa shape index (κ1) is 32.6. The summed E-state index contributed by atoms with van der Waals surface area (Å²) < 4.78 is 14.6. The molecule has 2 aliphatic heterocycles. The highest BCUT2D eigenvalue weighted by molar-refractivity contribution is 6.74. The van der Waals surface area contributed by atoms with Crippen molar-refractivity contribution < 1.29 is 14.0 Å². The second kappa shape index (κ2) is 11.5. The van der Waals surface area contributed by atoms with Crippen molar-refractivity contribution in [2.75, 3.05) is 37.0 Å². The van der Waals surface area contributed by atoms with Gasteiger partial charge in [0.25, 0.3) is 0 Å². The number of hydrogen-bond acceptors (Lipinski definition) is 9. The van der Waals surface area contributed by atoms with Gasteiger partial charge in [-0.15, -0.1) is 0 Å². The number of likely N-dealkylation sites (N-methyl/N-ethyl adjacent to an activating group) is 1. The fourth-order valence-electron chi connectivity index (χ4n) is 5.46. The molecule has 11 nitrogen and oxygen atoms in total. The van der Waals surface area contributed by atoms with Crippen LogP contribution in [0.4, 0.5) is 22.1 Å². The Labute approximate surface area is 267 Å². The van der Waals surface area contributed by atoms with Crippen molar-refractivity contribution in [1.82, 2.24) is 24.6 Å². The van der Waals surface area contributed by atoms with E-state index in [0.29, 0.717) is 36.0 Å². The van der Waals surface area contributed by atoms with E-state index in [-0.39, 0.29) is 5.04 Å². The first-order valence-corrected chi connectivity index (χ1v) is 18.4. The van der Waals surface area contributed by atoms with E-state index in [2.05, 4.69) is 74.2 Å². The van der Waals surface area contributed by atoms with Gasteiger partial charge >= 0.3 is 6.09 Å². The number of fused-ring (bicyclic) bond motifs is 2. The molecule has 240 valence electrons. The molecule has 2 aromatic heterocycles. The van der Waals surface area contributed by atoms with Gasteiger partial charge < -0.3 is 14.5 Å². The van der Waals surface area contributed by atoms with Gasteiger partial charge in [0.05, 0.1) is 41.1 Å². The molecule has 0 fully saturated rings. The molecule has 0 bridgehead atoms. The smallest absolute Gasteiger partial charge is 0.414 e. The van der Waals surface area contributed by atoms with E-state index in [9.17, 15) is 10.1 Å². The molecule has 4 heterocycles. The number of hydrogen-bond donors (Lipinski definition) is 1. The molecule has 12 heteroatoms. The van der Waals surface area contributed by atoms with Crippen molar-refractivity contribution in [3.8, 4) is 17.3 Å². The van der Waals surface area contributed by atoms with Crippen molar-refractivity contribution in [1.29, 1.82) is 5.26 Å². The molecule has 1 aromatic carbocycles. The Kier molecular flexibility index (Phi) is 8.35. The summed E-state index contributed by atoms with van der Waals surface area (Å²) >= 11 is 0. The molecule has 1 amide bonds. The van der Waals surface area contributed by atoms with Gasteiger partial charge in [0.2, 0.25) is 5.95 Å². The van der Waals surface area contributed by atoms with Gasteiger partial charge in [-0.2, -0.15) is 10.4 Å². The third-order valence-corrected chi connectivity index (χ3v) is 13.6. The number of nitriles is 1. The molecule has 0 radical (unpaired) electrons. The van der Waals surface area contributed by atoms with Gasteiger partial charge in [-0.05, 0) is 69.7 Å². The SMILES string of the molecule is CN1CCn2ncc(Nc3nccc(-c4cc(C#N)c5c(c4)[C@@](C)(CO[Si](C)(C)C(C)(C)C)CN5C(=O)OC(C)(C)C)n3)c2C1. The Morgan fingerprint density at radius 1 is 1.18 bits per heavy atom. The Balaban J connectivity index is 1.54. The molecule has 2 aliphatic rings. The quantitative estimate of drug-likeness (QED) is 0.307. The monoisotopic (exact) mass is 630 g/mol. The number of rotatable bonds is 6. The van der Waals surface area contributed by atoms with Crippen LogP contribution < -0.4 is 10.2 Å². The molecule has 1 N–H and O–H groups in total. The van der Waals surface area contributed by atoms with Crippen molar-refractivity contribution in [2.24, 2.45) is 0 Å². The number of nitrogens with one attached hydrogen (secondary N) is 1. The summed E-state index contributed by atoms with van der Waals surface area (Å²) in [5, 5.41) is 18.3. The summed E-state index contributed by atoms with van der Waals surface area (Å²) in [4.78, 5) is 26.7. The van der Waals surface area contributed by atoms with Crippen LogP contribution in [0.3, 0.4) is 0 Å². The summed E-state index contributed by atoms with van der Waals surface area (Å²) in [7, 11) is -0.0295. The second-order valence-electron chi connectivity index (χ2n) is 15.1. The minimum absolute atomic E-state index is 0.0179. The summed E-state index contributed by atoms with van der Waals surface area (Å²) in [5.74, 6) is 0.440. The lowest BCUT2D eigenvalue weighted by atomic mass is 9.83. The lowest BCUT2D eigenvalue weighted by Crippen LogP contribution is -2.46. The average Bonchev–Trinajstić information content (AvgIpc) is 3.48. The lowest BCUT2D eigenvalue weighted by Gasteiger charge is -2.39. The second-order valence-corrected chi connectivity index (χ2v) is 19.9. The van der Waals surface area contributed by atoms with Crippen LogP contribution in [0.5, 0.6) is 0 Å². The number of amides is 1. The minimum Gasteiger partial charge on any atom is -0.443 e. The maximum absolute atomic E-state index is 13.5. The maximum atomic E-state index is 13.5. The van der Waals surface area contributed by atoms with Crippen LogP contribution in [0.15, 0.2) is 30.6 Å². The van der Waals surface area contributed by atoms with Crippen molar-refractivity contribution in [3.05, 3.63) is 47.4 Å². The van der Waals surface area contributed by atoms with Crippen LogP contribution in [-0.4, -0.2) is 71.4 Å². The highest BCUT2D eigenvalue weighted by atomic mass is 28.4. The van der Waals surface area contributed by atoms with Gasteiger partial charge in [-0.1, -0.05) is 27.7 Å². The van der Waals surface area contributed by atoms with Gasteiger partial charge in [0.1, 0.15) is 11.7 Å². The third kappa shape index (κ3) is 6.61. The van der Waals surface area contributed by atoms with E-state index in [1.54, 1.807) is 17.2 Å². The van der Waals surface area contributed by atoms with Crippen LogP contribution in [-0.2, 0) is 27.7 Å². The predicted molar refractivity (Wildman–Crippen MR) is 178 cm³/mol. The number of carbonyl (C=O) groups is 1. The number of nitrogens with zero attached hydrogens (tertiary/aromatic N) is 7. The van der Waals surface area contributed by atoms with Crippen LogP contribution in [0.1, 0.15) is 65.3 Å². The summed E-state index contributed by atoms with van der Waals surface area (Å²) in [6.07, 6.45) is 3.04. The lowest BCUT2D eigenvalue weighted by molar-refractivity contribution is 0.0575. The summed E-state index contributed by atoms with van der Waals surface area (Å²) in [6.45, 7) is 22.0. The fourth-order valence-corrected chi connectivity index (χ4v) is 6.57. The number of benzene rings is 1. The molecule has 0 aliphatic carbocycles. The van der Waals surface area contributed by atoms with Crippen molar-refractivity contribution >= 4 is 31.7 Å². The third-order valence-electron chi connectivity index (χ3n) is 9.09. The van der Waals surface area contributed by atoms with Crippen LogP contribution in [0, 0.1) is 11.3 Å². The molecular formula is C33H46N8O3Si. The Morgan fingerprint density at radius 3 is 2.58 bits per heavy atom. The van der Waals surface area contributed by atoms with E-state index in [1.165, 1.54) is 0 Å². The number of carbonyl (C=O) groups excluding carboxylic acids is 1. The summed E-state index contributed by atoms with van der Waals surface area (Å²) in [5.41, 5.74) is 3.92. The zero-order valence-corrected chi connectivity index (χ0v) is 29.3. The molecule has 1 atom stereocenters. The van der Waals surface area contributed by atoms with E-state index in [4.69, 9.17) is 14.1 Å². The minimum atomic E-state index is -2.12. The molecule has 45 heavy (non-hydrogen) atoms. The molecule has 3 aromatic rings. The summed E-state index contributed by atoms with van der Waals surface area (Å²) in [6, 6.07) is 8.02. The van der Waals surface area contributed by atoms with Crippen molar-refractivity contribution in [3.63, 3.8) is 0 Å². The zero-order valence-electron chi connectivity index (χ0n) is 28.3. The Morgan fingerprint density at radius 2 is 1.91 bits per heavy atom. The van der Waals surface area contributed by atoms with E-state index in [0.717, 1.165) is 42.1 Å². The topological polar surface area (TPSA) is 121 Å². The average molecular weight is 631 g/mol. The predicted octanol–water partition coefficient (Wildman–Crippen LogP) is 6.44. The van der Waals surface area contributed by atoms with Gasteiger partial charge in [-0.25, -0.2) is 14.8 Å². The molecule has 0 unspecified atom stereocenters. The van der Waals surface area contributed by atoms with Gasteiger partial charge in [-0.3, -0.25) is 14.5 Å². The van der Waals surface area contributed by atoms with Gasteiger partial charge in [0, 0.05) is 43.4 Å². The molecule has 5 rings (SSSR count). The van der Waals surface area contributed by atoms with Crippen molar-refractivity contribution in [2.45, 2.75) is 90.7 Å². The molecular weight excluding hydrogens is 585 g/mol.